The Labute approximate surface area is 161 Å². The highest BCUT2D eigenvalue weighted by molar-refractivity contribution is 6.00. The van der Waals surface area contributed by atoms with Gasteiger partial charge in [-0.25, -0.2) is 4.39 Å². The average molecular weight is 381 g/mol. The quantitative estimate of drug-likeness (QED) is 0.648. The molecule has 2 aromatic carbocycles. The summed E-state index contributed by atoms with van der Waals surface area (Å²) in [6, 6.07) is 9.13. The first-order valence-electron chi connectivity index (χ1n) is 8.99. The molecule has 0 unspecified atom stereocenters. The minimum Gasteiger partial charge on any atom is -0.507 e. The molecule has 0 radical (unpaired) electrons. The number of aromatic hydroxyl groups is 1. The summed E-state index contributed by atoms with van der Waals surface area (Å²) in [5.74, 6) is -0.743. The number of carbonyl (C=O) groups is 1. The zero-order valence-corrected chi connectivity index (χ0v) is 15.5. The number of fused-ring (bicyclic) bond motifs is 1. The molecule has 1 amide bonds. The Kier molecular flexibility index (Phi) is 4.39. The van der Waals surface area contributed by atoms with Gasteiger partial charge < -0.3 is 15.1 Å². The van der Waals surface area contributed by atoms with Gasteiger partial charge in [0.15, 0.2) is 0 Å². The van der Waals surface area contributed by atoms with E-state index in [9.17, 15) is 19.4 Å². The first-order valence-corrected chi connectivity index (χ1v) is 8.99. The van der Waals surface area contributed by atoms with Gasteiger partial charge in [0, 0.05) is 23.2 Å². The number of phenolic OH excluding ortho intramolecular Hbond substituents is 1. The largest absolute Gasteiger partial charge is 0.507 e. The predicted octanol–water partition coefficient (Wildman–Crippen LogP) is 3.08. The van der Waals surface area contributed by atoms with Crippen LogP contribution in [0.4, 0.5) is 4.39 Å². The van der Waals surface area contributed by atoms with Gasteiger partial charge in [0.25, 0.3) is 5.91 Å². The van der Waals surface area contributed by atoms with Crippen molar-refractivity contribution in [3.63, 3.8) is 0 Å². The fourth-order valence-electron chi connectivity index (χ4n) is 3.90. The molecular formula is C21H20FN3O3. The summed E-state index contributed by atoms with van der Waals surface area (Å²) in [5, 5.41) is 27.1. The van der Waals surface area contributed by atoms with E-state index >= 15 is 0 Å². The molecule has 0 saturated heterocycles. The number of halogens is 1. The van der Waals surface area contributed by atoms with Crippen LogP contribution in [0.2, 0.25) is 0 Å². The number of phenols is 1. The van der Waals surface area contributed by atoms with Crippen molar-refractivity contribution < 1.29 is 19.4 Å². The lowest BCUT2D eigenvalue weighted by molar-refractivity contribution is 0.0704. The number of hydrogen-bond donors (Lipinski definition) is 3. The third kappa shape index (κ3) is 2.66. The maximum absolute atomic E-state index is 14.6. The van der Waals surface area contributed by atoms with E-state index in [1.54, 1.807) is 31.2 Å². The molecule has 1 aliphatic rings. The standard InChI is InChI=1S/C21H20FN3O3/c1-11-9-12(2)20(27)14(10-11)17-16-18(24-23-17)21(28)25(7-8-26)19(16)13-5-3-4-6-15(13)22/h3-6,9-10,19,26-27H,7-8H2,1-2H3,(H,23,24)/t19-/m0/s1. The smallest absolute Gasteiger partial charge is 0.273 e. The molecule has 1 atom stereocenters. The third-order valence-electron chi connectivity index (χ3n) is 5.10. The zero-order chi connectivity index (χ0) is 20.0. The van der Waals surface area contributed by atoms with Gasteiger partial charge >= 0.3 is 0 Å². The number of aryl methyl sites for hydroxylation is 2. The van der Waals surface area contributed by atoms with Crippen LogP contribution >= 0.6 is 0 Å². The Hall–Kier alpha value is -3.19. The molecule has 0 fully saturated rings. The molecule has 144 valence electrons. The van der Waals surface area contributed by atoms with E-state index in [1.165, 1.54) is 11.0 Å². The lowest BCUT2D eigenvalue weighted by atomic mass is 9.94. The second-order valence-corrected chi connectivity index (χ2v) is 6.99. The Bertz CT molecular complexity index is 1080. The van der Waals surface area contributed by atoms with Crippen molar-refractivity contribution in [3.8, 4) is 17.0 Å². The number of carbonyl (C=O) groups excluding carboxylic acids is 1. The number of nitrogens with zero attached hydrogens (tertiary/aromatic N) is 2. The summed E-state index contributed by atoms with van der Waals surface area (Å²) >= 11 is 0. The van der Waals surface area contributed by atoms with Crippen LogP contribution in [0.25, 0.3) is 11.3 Å². The molecule has 3 N–H and O–H groups in total. The Morgan fingerprint density at radius 2 is 2.00 bits per heavy atom. The summed E-state index contributed by atoms with van der Waals surface area (Å²) in [6.07, 6.45) is 0. The van der Waals surface area contributed by atoms with Crippen molar-refractivity contribution in [2.75, 3.05) is 13.2 Å². The molecule has 0 saturated carbocycles. The molecule has 4 rings (SSSR count). The number of hydrogen-bond acceptors (Lipinski definition) is 4. The van der Waals surface area contributed by atoms with Crippen LogP contribution in [0.15, 0.2) is 36.4 Å². The Balaban J connectivity index is 1.97. The van der Waals surface area contributed by atoms with Gasteiger partial charge in [-0.2, -0.15) is 5.10 Å². The van der Waals surface area contributed by atoms with E-state index < -0.39 is 11.9 Å². The van der Waals surface area contributed by atoms with Gasteiger partial charge in [0.1, 0.15) is 23.0 Å². The zero-order valence-electron chi connectivity index (χ0n) is 15.5. The molecule has 6 nitrogen and oxygen atoms in total. The second kappa shape index (κ2) is 6.76. The van der Waals surface area contributed by atoms with Gasteiger partial charge in [-0.05, 0) is 37.1 Å². The number of rotatable bonds is 4. The molecule has 0 aliphatic carbocycles. The van der Waals surface area contributed by atoms with Gasteiger partial charge in [0.2, 0.25) is 0 Å². The first kappa shape index (κ1) is 18.2. The number of aliphatic hydroxyl groups excluding tert-OH is 1. The minimum absolute atomic E-state index is 0.0542. The number of β-amino-alcohol motifs (C(OH)–C–C–N with tert-alkyl or cyclic N) is 1. The maximum Gasteiger partial charge on any atom is 0.273 e. The van der Waals surface area contributed by atoms with Crippen molar-refractivity contribution in [2.24, 2.45) is 0 Å². The fraction of sp³-hybridized carbons (Fsp3) is 0.238. The highest BCUT2D eigenvalue weighted by Gasteiger charge is 2.43. The number of aliphatic hydroxyl groups is 1. The molecule has 7 heteroatoms. The van der Waals surface area contributed by atoms with Crippen molar-refractivity contribution in [1.82, 2.24) is 15.1 Å². The van der Waals surface area contributed by atoms with Crippen LogP contribution < -0.4 is 0 Å². The molecule has 1 aliphatic heterocycles. The van der Waals surface area contributed by atoms with Crippen LogP contribution in [0.1, 0.15) is 38.8 Å². The van der Waals surface area contributed by atoms with Crippen LogP contribution in [0, 0.1) is 19.7 Å². The van der Waals surface area contributed by atoms with Crippen LogP contribution in [0.3, 0.4) is 0 Å². The molecule has 1 aromatic heterocycles. The van der Waals surface area contributed by atoms with E-state index in [1.807, 2.05) is 13.0 Å². The second-order valence-electron chi connectivity index (χ2n) is 6.99. The van der Waals surface area contributed by atoms with Crippen LogP contribution in [-0.4, -0.2) is 44.4 Å². The molecule has 0 bridgehead atoms. The van der Waals surface area contributed by atoms with E-state index in [4.69, 9.17) is 0 Å². The van der Waals surface area contributed by atoms with Gasteiger partial charge in [0.05, 0.1) is 12.6 Å². The predicted molar refractivity (Wildman–Crippen MR) is 102 cm³/mol. The van der Waals surface area contributed by atoms with Crippen molar-refractivity contribution in [2.45, 2.75) is 19.9 Å². The third-order valence-corrected chi connectivity index (χ3v) is 5.10. The normalized spacial score (nSPS) is 15.9. The lowest BCUT2D eigenvalue weighted by Crippen LogP contribution is -2.32. The van der Waals surface area contributed by atoms with Gasteiger partial charge in [-0.3, -0.25) is 9.89 Å². The van der Waals surface area contributed by atoms with Crippen molar-refractivity contribution in [3.05, 3.63) is 70.2 Å². The lowest BCUT2D eigenvalue weighted by Gasteiger charge is -2.26. The Morgan fingerprint density at radius 3 is 2.71 bits per heavy atom. The van der Waals surface area contributed by atoms with E-state index in [-0.39, 0.29) is 30.5 Å². The van der Waals surface area contributed by atoms with E-state index in [0.717, 1.165) is 5.56 Å². The average Bonchev–Trinajstić information content (AvgIpc) is 3.19. The summed E-state index contributed by atoms with van der Waals surface area (Å²) < 4.78 is 14.6. The Morgan fingerprint density at radius 1 is 1.25 bits per heavy atom. The molecule has 2 heterocycles. The SMILES string of the molecule is Cc1cc(C)c(O)c(-c2n[nH]c3c2[C@H](c2ccccc2F)N(CCO)C3=O)c1. The number of aromatic amines is 1. The highest BCUT2D eigenvalue weighted by atomic mass is 19.1. The molecular weight excluding hydrogens is 361 g/mol. The fourth-order valence-corrected chi connectivity index (χ4v) is 3.90. The van der Waals surface area contributed by atoms with Crippen molar-refractivity contribution in [1.29, 1.82) is 0 Å². The first-order chi connectivity index (χ1) is 13.4. The molecule has 0 spiro atoms. The number of H-pyrrole nitrogens is 1. The van der Waals surface area contributed by atoms with Gasteiger partial charge in [-0.15, -0.1) is 0 Å². The number of benzene rings is 2. The summed E-state index contributed by atoms with van der Waals surface area (Å²) in [4.78, 5) is 14.3. The van der Waals surface area contributed by atoms with Crippen LogP contribution in [-0.2, 0) is 0 Å². The number of nitrogens with one attached hydrogen (secondary N) is 1. The molecule has 28 heavy (non-hydrogen) atoms. The summed E-state index contributed by atoms with van der Waals surface area (Å²) in [5.41, 5.74) is 3.57. The van der Waals surface area contributed by atoms with E-state index in [2.05, 4.69) is 10.2 Å². The summed E-state index contributed by atoms with van der Waals surface area (Å²) in [7, 11) is 0. The number of aromatic nitrogens is 2. The maximum atomic E-state index is 14.6. The molecule has 3 aromatic rings. The number of amides is 1. The van der Waals surface area contributed by atoms with Gasteiger partial charge in [-0.1, -0.05) is 24.3 Å². The minimum atomic E-state index is -0.746. The van der Waals surface area contributed by atoms with Crippen LogP contribution in [0.5, 0.6) is 5.75 Å². The topological polar surface area (TPSA) is 89.5 Å². The highest BCUT2D eigenvalue weighted by Crippen LogP contribution is 2.45. The van der Waals surface area contributed by atoms with E-state index in [0.29, 0.717) is 27.9 Å². The van der Waals surface area contributed by atoms with Crippen molar-refractivity contribution >= 4 is 5.91 Å². The summed E-state index contributed by atoms with van der Waals surface area (Å²) in [6.45, 7) is 3.49. The monoisotopic (exact) mass is 381 g/mol.